The molecular weight excluding hydrogens is 318 g/mol. The maximum absolute atomic E-state index is 6.02. The van der Waals surface area contributed by atoms with Crippen molar-refractivity contribution >= 4 is 21.6 Å². The highest BCUT2D eigenvalue weighted by atomic mass is 79.9. The molecule has 0 amide bonds. The Balaban J connectivity index is 1.90. The van der Waals surface area contributed by atoms with Crippen LogP contribution in [0.2, 0.25) is 0 Å². The molecular formula is C15H18BrN3O. The van der Waals surface area contributed by atoms with E-state index >= 15 is 0 Å². The van der Waals surface area contributed by atoms with Crippen molar-refractivity contribution in [3.8, 4) is 5.75 Å². The lowest BCUT2D eigenvalue weighted by molar-refractivity contribution is 0.414. The normalized spacial score (nSPS) is 10.3. The Hall–Kier alpha value is -1.59. The molecule has 0 aliphatic carbocycles. The molecule has 0 saturated heterocycles. The smallest absolute Gasteiger partial charge is 0.119 e. The van der Waals surface area contributed by atoms with Gasteiger partial charge in [-0.15, -0.1) is 0 Å². The fraction of sp³-hybridized carbons (Fsp3) is 0.267. The Morgan fingerprint density at radius 3 is 2.70 bits per heavy atom. The lowest BCUT2D eigenvalue weighted by atomic mass is 10.1. The molecule has 2 rings (SSSR count). The summed E-state index contributed by atoms with van der Waals surface area (Å²) in [6, 6.07) is 9.82. The minimum atomic E-state index is 0.785. The Morgan fingerprint density at radius 2 is 2.00 bits per heavy atom. The largest absolute Gasteiger partial charge is 0.497 e. The summed E-state index contributed by atoms with van der Waals surface area (Å²) >= 11 is 3.56. The van der Waals surface area contributed by atoms with Gasteiger partial charge in [-0.3, -0.25) is 4.98 Å². The molecule has 0 bridgehead atoms. The molecule has 20 heavy (non-hydrogen) atoms. The zero-order chi connectivity index (χ0) is 14.4. The second-order valence-electron chi connectivity index (χ2n) is 4.46. The number of aryl methyl sites for hydroxylation is 1. The number of hydrogen-bond acceptors (Lipinski definition) is 4. The van der Waals surface area contributed by atoms with Crippen LogP contribution in [0.1, 0.15) is 12.0 Å². The Kier molecular flexibility index (Phi) is 5.38. The maximum Gasteiger partial charge on any atom is 0.119 e. The summed E-state index contributed by atoms with van der Waals surface area (Å²) in [5.41, 5.74) is 2.21. The van der Waals surface area contributed by atoms with Gasteiger partial charge in [0.15, 0.2) is 0 Å². The maximum atomic E-state index is 6.02. The van der Waals surface area contributed by atoms with Crippen LogP contribution in [0.15, 0.2) is 47.2 Å². The van der Waals surface area contributed by atoms with Crippen LogP contribution in [0.3, 0.4) is 0 Å². The molecule has 0 radical (unpaired) electrons. The van der Waals surface area contributed by atoms with Crippen molar-refractivity contribution in [2.75, 3.05) is 18.7 Å². The fourth-order valence-corrected chi connectivity index (χ4v) is 2.42. The first-order chi connectivity index (χ1) is 9.70. The lowest BCUT2D eigenvalue weighted by Crippen LogP contribution is -2.32. The summed E-state index contributed by atoms with van der Waals surface area (Å²) in [7, 11) is 1.68. The Morgan fingerprint density at radius 1 is 1.25 bits per heavy atom. The van der Waals surface area contributed by atoms with Crippen LogP contribution in [0.5, 0.6) is 5.75 Å². The number of rotatable bonds is 6. The molecule has 0 atom stereocenters. The summed E-state index contributed by atoms with van der Waals surface area (Å²) in [6.45, 7) is 0.785. The topological polar surface area (TPSA) is 51.4 Å². The lowest BCUT2D eigenvalue weighted by Gasteiger charge is -2.18. The fourth-order valence-electron chi connectivity index (χ4n) is 1.97. The number of hydrogen-bond donors (Lipinski definition) is 1. The quantitative estimate of drug-likeness (QED) is 0.650. The van der Waals surface area contributed by atoms with E-state index in [9.17, 15) is 0 Å². The van der Waals surface area contributed by atoms with Crippen molar-refractivity contribution in [1.82, 2.24) is 4.98 Å². The predicted octanol–water partition coefficient (Wildman–Crippen LogP) is 3.17. The van der Waals surface area contributed by atoms with Crippen LogP contribution in [0.4, 0.5) is 5.69 Å². The van der Waals surface area contributed by atoms with Crippen molar-refractivity contribution < 1.29 is 4.74 Å². The van der Waals surface area contributed by atoms with Crippen LogP contribution in [-0.4, -0.2) is 18.6 Å². The number of nitrogens with two attached hydrogens (primary N) is 1. The van der Waals surface area contributed by atoms with Gasteiger partial charge in [0.1, 0.15) is 5.75 Å². The SMILES string of the molecule is COc1ccc(Br)c(CCCN(N)c2ccncc2)c1. The van der Waals surface area contributed by atoms with Crippen molar-refractivity contribution in [2.24, 2.45) is 5.84 Å². The van der Waals surface area contributed by atoms with E-state index < -0.39 is 0 Å². The van der Waals surface area contributed by atoms with Gasteiger partial charge >= 0.3 is 0 Å². The Bertz CT molecular complexity index is 548. The molecule has 0 aliphatic rings. The summed E-state index contributed by atoms with van der Waals surface area (Å²) in [6.07, 6.45) is 5.39. The van der Waals surface area contributed by atoms with E-state index in [0.717, 1.165) is 35.3 Å². The van der Waals surface area contributed by atoms with Gasteiger partial charge in [-0.25, -0.2) is 5.84 Å². The molecule has 1 heterocycles. The molecule has 4 nitrogen and oxygen atoms in total. The minimum absolute atomic E-state index is 0.785. The van der Waals surface area contributed by atoms with Gasteiger partial charge in [-0.2, -0.15) is 0 Å². The number of anilines is 1. The number of ether oxygens (including phenoxy) is 1. The van der Waals surface area contributed by atoms with Gasteiger partial charge in [0, 0.05) is 23.4 Å². The van der Waals surface area contributed by atoms with Gasteiger partial charge in [-0.05, 0) is 48.7 Å². The molecule has 0 saturated carbocycles. The highest BCUT2D eigenvalue weighted by Crippen LogP contribution is 2.23. The Labute approximate surface area is 127 Å². The average Bonchev–Trinajstić information content (AvgIpc) is 2.50. The van der Waals surface area contributed by atoms with E-state index in [1.807, 2.05) is 24.3 Å². The number of benzene rings is 1. The summed E-state index contributed by atoms with van der Waals surface area (Å²) < 4.78 is 6.35. The molecule has 0 aliphatic heterocycles. The molecule has 2 N–H and O–H groups in total. The molecule has 1 aromatic carbocycles. The predicted molar refractivity (Wildman–Crippen MR) is 84.8 cm³/mol. The van der Waals surface area contributed by atoms with E-state index in [1.54, 1.807) is 24.5 Å². The van der Waals surface area contributed by atoms with Crippen molar-refractivity contribution in [3.05, 3.63) is 52.8 Å². The molecule has 2 aromatic rings. The summed E-state index contributed by atoms with van der Waals surface area (Å²) in [4.78, 5) is 3.98. The van der Waals surface area contributed by atoms with E-state index in [-0.39, 0.29) is 0 Å². The average molecular weight is 336 g/mol. The van der Waals surface area contributed by atoms with Gasteiger partial charge in [0.25, 0.3) is 0 Å². The summed E-state index contributed by atoms with van der Waals surface area (Å²) in [5, 5.41) is 1.75. The highest BCUT2D eigenvalue weighted by molar-refractivity contribution is 9.10. The third-order valence-corrected chi connectivity index (χ3v) is 3.87. The zero-order valence-corrected chi connectivity index (χ0v) is 13.0. The monoisotopic (exact) mass is 335 g/mol. The first-order valence-electron chi connectivity index (χ1n) is 6.45. The third kappa shape index (κ3) is 3.95. The van der Waals surface area contributed by atoms with Gasteiger partial charge in [0.2, 0.25) is 0 Å². The minimum Gasteiger partial charge on any atom is -0.497 e. The van der Waals surface area contributed by atoms with Crippen LogP contribution < -0.4 is 15.6 Å². The third-order valence-electron chi connectivity index (χ3n) is 3.09. The number of halogens is 1. The molecule has 0 fully saturated rings. The van der Waals surface area contributed by atoms with Crippen molar-refractivity contribution in [1.29, 1.82) is 0 Å². The number of methoxy groups -OCH3 is 1. The van der Waals surface area contributed by atoms with Gasteiger partial charge in [0.05, 0.1) is 12.8 Å². The van der Waals surface area contributed by atoms with Crippen LogP contribution in [0, 0.1) is 0 Å². The van der Waals surface area contributed by atoms with E-state index in [1.165, 1.54) is 5.56 Å². The molecule has 0 spiro atoms. The number of hydrazine groups is 1. The number of nitrogens with zero attached hydrogens (tertiary/aromatic N) is 2. The van der Waals surface area contributed by atoms with E-state index in [0.29, 0.717) is 0 Å². The van der Waals surface area contributed by atoms with Crippen LogP contribution in [0.25, 0.3) is 0 Å². The second kappa shape index (κ2) is 7.26. The summed E-state index contributed by atoms with van der Waals surface area (Å²) in [5.74, 6) is 6.90. The van der Waals surface area contributed by atoms with Gasteiger partial charge in [-0.1, -0.05) is 15.9 Å². The number of aromatic nitrogens is 1. The highest BCUT2D eigenvalue weighted by Gasteiger charge is 2.04. The van der Waals surface area contributed by atoms with E-state index in [4.69, 9.17) is 10.6 Å². The van der Waals surface area contributed by atoms with Crippen LogP contribution in [-0.2, 0) is 6.42 Å². The molecule has 5 heteroatoms. The molecule has 1 aromatic heterocycles. The first-order valence-corrected chi connectivity index (χ1v) is 7.24. The van der Waals surface area contributed by atoms with Gasteiger partial charge < -0.3 is 9.75 Å². The van der Waals surface area contributed by atoms with Crippen LogP contribution >= 0.6 is 15.9 Å². The number of pyridine rings is 1. The molecule has 0 unspecified atom stereocenters. The van der Waals surface area contributed by atoms with E-state index in [2.05, 4.69) is 27.0 Å². The first kappa shape index (κ1) is 14.8. The van der Waals surface area contributed by atoms with Crippen molar-refractivity contribution in [2.45, 2.75) is 12.8 Å². The standard InChI is InChI=1S/C15H18BrN3O/c1-20-14-4-5-15(16)12(11-14)3-2-10-19(17)13-6-8-18-9-7-13/h4-9,11H,2-3,10,17H2,1H3. The zero-order valence-electron chi connectivity index (χ0n) is 11.4. The second-order valence-corrected chi connectivity index (χ2v) is 5.31. The van der Waals surface area contributed by atoms with Crippen molar-refractivity contribution in [3.63, 3.8) is 0 Å². The molecule has 106 valence electrons.